The Morgan fingerprint density at radius 3 is 1.81 bits per heavy atom. The van der Waals surface area contributed by atoms with Crippen LogP contribution in [0.4, 0.5) is 0 Å². The number of hydrogen-bond acceptors (Lipinski definition) is 1. The molecule has 0 aliphatic heterocycles. The van der Waals surface area contributed by atoms with Crippen LogP contribution in [0.2, 0.25) is 0 Å². The first-order chi connectivity index (χ1) is 12.8. The van der Waals surface area contributed by atoms with Crippen molar-refractivity contribution < 1.29 is 4.74 Å². The van der Waals surface area contributed by atoms with E-state index in [2.05, 4.69) is 80.2 Å². The van der Waals surface area contributed by atoms with Gasteiger partial charge in [-0.05, 0) is 17.5 Å². The predicted molar refractivity (Wildman–Crippen MR) is 113 cm³/mol. The van der Waals surface area contributed by atoms with E-state index in [-0.39, 0.29) is 11.5 Å². The Morgan fingerprint density at radius 1 is 0.846 bits per heavy atom. The van der Waals surface area contributed by atoms with E-state index in [0.717, 1.165) is 6.42 Å². The van der Waals surface area contributed by atoms with Gasteiger partial charge in [0, 0.05) is 7.11 Å². The Balaban J connectivity index is 2.26. The molecule has 0 aromatic heterocycles. The second-order valence-electron chi connectivity index (χ2n) is 7.09. The van der Waals surface area contributed by atoms with E-state index in [9.17, 15) is 0 Å². The Morgan fingerprint density at radius 2 is 1.35 bits per heavy atom. The van der Waals surface area contributed by atoms with Crippen molar-refractivity contribution in [3.8, 4) is 0 Å². The van der Waals surface area contributed by atoms with Crippen LogP contribution in [0.25, 0.3) is 0 Å². The molecule has 0 amide bonds. The van der Waals surface area contributed by atoms with Crippen LogP contribution >= 0.6 is 0 Å². The summed E-state index contributed by atoms with van der Waals surface area (Å²) in [5.74, 6) is 0. The maximum atomic E-state index is 6.07. The smallest absolute Gasteiger partial charge is 0.0743 e. The number of benzene rings is 2. The molecule has 0 aliphatic carbocycles. The van der Waals surface area contributed by atoms with Crippen LogP contribution in [-0.4, -0.2) is 13.2 Å². The number of hydrogen-bond donors (Lipinski definition) is 0. The van der Waals surface area contributed by atoms with Crippen LogP contribution < -0.4 is 0 Å². The molecule has 1 atom stereocenters. The second-order valence-corrected chi connectivity index (χ2v) is 7.09. The van der Waals surface area contributed by atoms with Crippen LogP contribution in [0, 0.1) is 0 Å². The lowest BCUT2D eigenvalue weighted by Gasteiger charge is -2.39. The molecule has 140 valence electrons. The van der Waals surface area contributed by atoms with E-state index in [1.54, 1.807) is 0 Å². The molecule has 0 N–H and O–H groups in total. The van der Waals surface area contributed by atoms with Crippen molar-refractivity contribution in [1.29, 1.82) is 0 Å². The van der Waals surface area contributed by atoms with Gasteiger partial charge in [-0.15, -0.1) is 6.58 Å². The number of unbranched alkanes of at least 4 members (excludes halogenated alkanes) is 5. The lowest BCUT2D eigenvalue weighted by molar-refractivity contribution is 0.0556. The molecule has 1 unspecified atom stereocenters. The Hall–Kier alpha value is -1.86. The molecule has 1 heteroatoms. The minimum Gasteiger partial charge on any atom is -0.380 e. The SMILES string of the molecule is C=CC(c1ccccc1)(c1ccccc1)C(CCCCCCCC)OC. The van der Waals surface area contributed by atoms with Gasteiger partial charge in [0.15, 0.2) is 0 Å². The van der Waals surface area contributed by atoms with Gasteiger partial charge in [-0.25, -0.2) is 0 Å². The third-order valence-electron chi connectivity index (χ3n) is 5.44. The number of ether oxygens (including phenoxy) is 1. The molecule has 0 fully saturated rings. The molecule has 2 aromatic carbocycles. The molecule has 0 heterocycles. The first-order valence-electron chi connectivity index (χ1n) is 10.1. The normalized spacial score (nSPS) is 12.7. The number of methoxy groups -OCH3 is 1. The van der Waals surface area contributed by atoms with Crippen LogP contribution in [0.15, 0.2) is 73.3 Å². The fourth-order valence-corrected chi connectivity index (χ4v) is 3.97. The van der Waals surface area contributed by atoms with Crippen molar-refractivity contribution >= 4 is 0 Å². The summed E-state index contributed by atoms with van der Waals surface area (Å²) in [7, 11) is 1.84. The first kappa shape index (κ1) is 20.5. The van der Waals surface area contributed by atoms with Crippen molar-refractivity contribution in [2.24, 2.45) is 0 Å². The van der Waals surface area contributed by atoms with E-state index in [1.165, 1.54) is 49.7 Å². The highest BCUT2D eigenvalue weighted by molar-refractivity contribution is 5.45. The van der Waals surface area contributed by atoms with E-state index in [4.69, 9.17) is 4.74 Å². The average Bonchev–Trinajstić information content (AvgIpc) is 2.71. The fourth-order valence-electron chi connectivity index (χ4n) is 3.97. The second kappa shape index (κ2) is 11.0. The van der Waals surface area contributed by atoms with Gasteiger partial charge in [0.1, 0.15) is 0 Å². The first-order valence-corrected chi connectivity index (χ1v) is 10.1. The summed E-state index contributed by atoms with van der Waals surface area (Å²) >= 11 is 0. The van der Waals surface area contributed by atoms with Gasteiger partial charge in [-0.3, -0.25) is 0 Å². The monoisotopic (exact) mass is 350 g/mol. The minimum absolute atomic E-state index is 0.0796. The standard InChI is InChI=1S/C25H34O/c1-4-6-7-8-9-16-21-24(26-3)25(5-2,22-17-12-10-13-18-22)23-19-14-11-15-20-23/h5,10-15,17-20,24H,2,4,6-9,16,21H2,1,3H3. The molecule has 2 rings (SSSR count). The van der Waals surface area contributed by atoms with Gasteiger partial charge in [0.2, 0.25) is 0 Å². The largest absolute Gasteiger partial charge is 0.380 e. The van der Waals surface area contributed by atoms with Crippen molar-refractivity contribution in [2.75, 3.05) is 7.11 Å². The van der Waals surface area contributed by atoms with Gasteiger partial charge in [-0.2, -0.15) is 0 Å². The summed E-state index contributed by atoms with van der Waals surface area (Å²) < 4.78 is 6.07. The summed E-state index contributed by atoms with van der Waals surface area (Å²) in [5, 5.41) is 0. The van der Waals surface area contributed by atoms with Crippen LogP contribution in [0.3, 0.4) is 0 Å². The molecule has 0 bridgehead atoms. The summed E-state index contributed by atoms with van der Waals surface area (Å²) in [6, 6.07) is 21.3. The topological polar surface area (TPSA) is 9.23 Å². The third-order valence-corrected chi connectivity index (χ3v) is 5.44. The summed E-state index contributed by atoms with van der Waals surface area (Å²) in [5.41, 5.74) is 2.18. The molecule has 0 saturated carbocycles. The summed E-state index contributed by atoms with van der Waals surface area (Å²) in [6.45, 7) is 6.51. The lowest BCUT2D eigenvalue weighted by Crippen LogP contribution is -2.40. The third kappa shape index (κ3) is 4.86. The maximum Gasteiger partial charge on any atom is 0.0743 e. The highest BCUT2D eigenvalue weighted by atomic mass is 16.5. The Bertz CT molecular complexity index is 578. The number of rotatable bonds is 12. The van der Waals surface area contributed by atoms with Crippen molar-refractivity contribution in [2.45, 2.75) is 63.4 Å². The lowest BCUT2D eigenvalue weighted by atomic mass is 9.69. The zero-order valence-corrected chi connectivity index (χ0v) is 16.5. The van der Waals surface area contributed by atoms with Crippen molar-refractivity contribution in [3.63, 3.8) is 0 Å². The highest BCUT2D eigenvalue weighted by Gasteiger charge is 2.39. The maximum absolute atomic E-state index is 6.07. The van der Waals surface area contributed by atoms with E-state index in [1.807, 2.05) is 7.11 Å². The van der Waals surface area contributed by atoms with Crippen LogP contribution in [0.5, 0.6) is 0 Å². The van der Waals surface area contributed by atoms with Crippen molar-refractivity contribution in [3.05, 3.63) is 84.4 Å². The summed E-state index contributed by atoms with van der Waals surface area (Å²) in [4.78, 5) is 0. The average molecular weight is 351 g/mol. The van der Waals surface area contributed by atoms with E-state index >= 15 is 0 Å². The zero-order chi connectivity index (χ0) is 18.7. The van der Waals surface area contributed by atoms with Gasteiger partial charge in [0.25, 0.3) is 0 Å². The molecule has 2 aromatic rings. The van der Waals surface area contributed by atoms with E-state index < -0.39 is 0 Å². The molecule has 0 saturated heterocycles. The minimum atomic E-state index is -0.319. The predicted octanol–water partition coefficient (Wildman–Crippen LogP) is 6.92. The zero-order valence-electron chi connectivity index (χ0n) is 16.5. The van der Waals surface area contributed by atoms with Crippen LogP contribution in [0.1, 0.15) is 63.0 Å². The van der Waals surface area contributed by atoms with Gasteiger partial charge in [0.05, 0.1) is 11.5 Å². The molecule has 0 aliphatic rings. The Labute approximate surface area is 160 Å². The molecular formula is C25H34O. The van der Waals surface area contributed by atoms with Gasteiger partial charge >= 0.3 is 0 Å². The van der Waals surface area contributed by atoms with Crippen molar-refractivity contribution in [1.82, 2.24) is 0 Å². The van der Waals surface area contributed by atoms with Gasteiger partial charge < -0.3 is 4.74 Å². The quantitative estimate of drug-likeness (QED) is 0.298. The molecule has 0 spiro atoms. The molecule has 1 nitrogen and oxygen atoms in total. The fraction of sp³-hybridized carbons (Fsp3) is 0.440. The van der Waals surface area contributed by atoms with Crippen LogP contribution in [-0.2, 0) is 10.2 Å². The van der Waals surface area contributed by atoms with E-state index in [0.29, 0.717) is 0 Å². The molecular weight excluding hydrogens is 316 g/mol. The summed E-state index contributed by atoms with van der Waals surface area (Å²) in [6.07, 6.45) is 11.0. The molecule has 0 radical (unpaired) electrons. The highest BCUT2D eigenvalue weighted by Crippen LogP contribution is 2.40. The Kier molecular flexibility index (Phi) is 8.64. The molecule has 26 heavy (non-hydrogen) atoms. The van der Waals surface area contributed by atoms with Gasteiger partial charge in [-0.1, -0.05) is 112 Å².